The number of carbonyl (C=O) groups is 1. The van der Waals surface area contributed by atoms with E-state index in [2.05, 4.69) is 16.2 Å². The molecule has 0 spiro atoms. The first-order valence-corrected chi connectivity index (χ1v) is 8.00. The number of nitrogens with zero attached hydrogens (tertiary/aromatic N) is 5. The van der Waals surface area contributed by atoms with E-state index in [0.29, 0.717) is 42.1 Å². The van der Waals surface area contributed by atoms with Gasteiger partial charge in [-0.15, -0.1) is 0 Å². The van der Waals surface area contributed by atoms with Crippen molar-refractivity contribution in [3.63, 3.8) is 0 Å². The van der Waals surface area contributed by atoms with Gasteiger partial charge in [0.2, 0.25) is 0 Å². The van der Waals surface area contributed by atoms with Gasteiger partial charge in [-0.2, -0.15) is 10.4 Å². The normalized spacial score (nSPS) is 15.0. The number of rotatable bonds is 1. The van der Waals surface area contributed by atoms with Crippen molar-refractivity contribution in [1.82, 2.24) is 19.5 Å². The number of nitrogens with two attached hydrogens (primary N) is 1. The van der Waals surface area contributed by atoms with Crippen molar-refractivity contribution in [3.8, 4) is 6.07 Å². The number of hydrogen-bond donors (Lipinski definition) is 1. The Hall–Kier alpha value is -3.08. The molecule has 0 aromatic carbocycles. The fourth-order valence-electron chi connectivity index (χ4n) is 2.78. The monoisotopic (exact) mass is 340 g/mol. The summed E-state index contributed by atoms with van der Waals surface area (Å²) in [4.78, 5) is 17.8. The van der Waals surface area contributed by atoms with Gasteiger partial charge in [-0.05, 0) is 38.8 Å². The van der Waals surface area contributed by atoms with Gasteiger partial charge in [0.15, 0.2) is 5.82 Å². The minimum atomic E-state index is -0.527. The Morgan fingerprint density at radius 2 is 2.20 bits per heavy atom. The summed E-state index contributed by atoms with van der Waals surface area (Å²) in [5, 5.41) is 13.7. The van der Waals surface area contributed by atoms with Crippen molar-refractivity contribution in [1.29, 1.82) is 5.26 Å². The second-order valence-corrected chi connectivity index (χ2v) is 6.87. The van der Waals surface area contributed by atoms with Crippen LogP contribution in [0.15, 0.2) is 18.5 Å². The molecule has 0 aliphatic carbocycles. The Morgan fingerprint density at radius 1 is 1.44 bits per heavy atom. The van der Waals surface area contributed by atoms with Gasteiger partial charge in [0.25, 0.3) is 0 Å². The molecule has 1 aliphatic heterocycles. The number of aromatic nitrogens is 3. The standard InChI is InChI=1S/C17H20N6O2/c1-17(2,3)25-16(24)22-6-4-11(5-7-22)14-12(9-18)8-13-15(19)20-10-21-23(13)14/h4,8,10H,5-7H2,1-3H3,(H2,19,20,21). The molecule has 0 bridgehead atoms. The highest BCUT2D eigenvalue weighted by Gasteiger charge is 2.26. The maximum atomic E-state index is 12.2. The Kier molecular flexibility index (Phi) is 4.08. The van der Waals surface area contributed by atoms with Gasteiger partial charge in [-0.25, -0.2) is 14.3 Å². The largest absolute Gasteiger partial charge is 0.444 e. The lowest BCUT2D eigenvalue weighted by Gasteiger charge is -2.29. The molecule has 25 heavy (non-hydrogen) atoms. The third kappa shape index (κ3) is 3.26. The molecule has 3 heterocycles. The van der Waals surface area contributed by atoms with E-state index in [0.717, 1.165) is 5.57 Å². The topological polar surface area (TPSA) is 110 Å². The number of amides is 1. The van der Waals surface area contributed by atoms with Crippen molar-refractivity contribution in [3.05, 3.63) is 29.7 Å². The van der Waals surface area contributed by atoms with Crippen LogP contribution in [0.4, 0.5) is 10.6 Å². The van der Waals surface area contributed by atoms with E-state index in [9.17, 15) is 10.1 Å². The summed E-state index contributed by atoms with van der Waals surface area (Å²) in [6, 6.07) is 3.87. The lowest BCUT2D eigenvalue weighted by atomic mass is 10.0. The molecule has 0 unspecified atom stereocenters. The summed E-state index contributed by atoms with van der Waals surface area (Å²) in [7, 11) is 0. The number of nitriles is 1. The molecule has 3 rings (SSSR count). The Morgan fingerprint density at radius 3 is 2.80 bits per heavy atom. The fourth-order valence-corrected chi connectivity index (χ4v) is 2.78. The molecular formula is C17H20N6O2. The SMILES string of the molecule is CC(C)(C)OC(=O)N1CC=C(c2c(C#N)cc3c(N)ncnn23)CC1. The van der Waals surface area contributed by atoms with Crippen LogP contribution in [0.3, 0.4) is 0 Å². The van der Waals surface area contributed by atoms with E-state index in [4.69, 9.17) is 10.5 Å². The molecule has 8 heteroatoms. The summed E-state index contributed by atoms with van der Waals surface area (Å²) >= 11 is 0. The van der Waals surface area contributed by atoms with Crippen molar-refractivity contribution in [2.45, 2.75) is 32.8 Å². The van der Waals surface area contributed by atoms with E-state index in [1.807, 2.05) is 26.8 Å². The molecular weight excluding hydrogens is 320 g/mol. The van der Waals surface area contributed by atoms with E-state index in [1.54, 1.807) is 15.5 Å². The molecule has 0 radical (unpaired) electrons. The second-order valence-electron chi connectivity index (χ2n) is 6.87. The molecule has 1 aliphatic rings. The Labute approximate surface area is 145 Å². The smallest absolute Gasteiger partial charge is 0.410 e. The van der Waals surface area contributed by atoms with Crippen LogP contribution in [-0.2, 0) is 4.74 Å². The summed E-state index contributed by atoms with van der Waals surface area (Å²) in [6.07, 6.45) is 3.55. The number of hydrogen-bond acceptors (Lipinski definition) is 6. The first kappa shape index (κ1) is 16.8. The second kappa shape index (κ2) is 6.09. The van der Waals surface area contributed by atoms with Gasteiger partial charge in [0, 0.05) is 13.1 Å². The van der Waals surface area contributed by atoms with Crippen molar-refractivity contribution < 1.29 is 9.53 Å². The van der Waals surface area contributed by atoms with Gasteiger partial charge in [-0.1, -0.05) is 6.08 Å². The maximum absolute atomic E-state index is 12.2. The van der Waals surface area contributed by atoms with Crippen LogP contribution in [0.5, 0.6) is 0 Å². The highest BCUT2D eigenvalue weighted by atomic mass is 16.6. The van der Waals surface area contributed by atoms with Crippen LogP contribution >= 0.6 is 0 Å². The molecule has 2 N–H and O–H groups in total. The zero-order valence-electron chi connectivity index (χ0n) is 14.5. The molecule has 0 saturated heterocycles. The summed E-state index contributed by atoms with van der Waals surface area (Å²) in [5.41, 5.74) is 8.10. The zero-order valence-corrected chi connectivity index (χ0v) is 14.5. The third-order valence-corrected chi connectivity index (χ3v) is 3.89. The minimum Gasteiger partial charge on any atom is -0.444 e. The van der Waals surface area contributed by atoms with Crippen LogP contribution in [0.25, 0.3) is 11.1 Å². The van der Waals surface area contributed by atoms with E-state index >= 15 is 0 Å². The highest BCUT2D eigenvalue weighted by Crippen LogP contribution is 2.29. The summed E-state index contributed by atoms with van der Waals surface area (Å²) in [5.74, 6) is 0.324. The molecule has 0 atom stereocenters. The molecule has 0 fully saturated rings. The van der Waals surface area contributed by atoms with Crippen molar-refractivity contribution in [2.75, 3.05) is 18.8 Å². The van der Waals surface area contributed by atoms with Crippen LogP contribution in [-0.4, -0.2) is 44.3 Å². The van der Waals surface area contributed by atoms with Crippen LogP contribution in [0.2, 0.25) is 0 Å². The first-order chi connectivity index (χ1) is 11.8. The minimum absolute atomic E-state index is 0.324. The van der Waals surface area contributed by atoms with E-state index < -0.39 is 5.60 Å². The van der Waals surface area contributed by atoms with Crippen LogP contribution in [0, 0.1) is 11.3 Å². The van der Waals surface area contributed by atoms with Gasteiger partial charge in [0.1, 0.15) is 23.5 Å². The summed E-state index contributed by atoms with van der Waals surface area (Å²) in [6.45, 7) is 6.45. The molecule has 0 saturated carbocycles. The quantitative estimate of drug-likeness (QED) is 0.852. The third-order valence-electron chi connectivity index (χ3n) is 3.89. The van der Waals surface area contributed by atoms with Crippen molar-refractivity contribution >= 4 is 23.0 Å². The van der Waals surface area contributed by atoms with Crippen molar-refractivity contribution in [2.24, 2.45) is 0 Å². The molecule has 8 nitrogen and oxygen atoms in total. The molecule has 2 aromatic rings. The van der Waals surface area contributed by atoms with Gasteiger partial charge in [-0.3, -0.25) is 0 Å². The van der Waals surface area contributed by atoms with Gasteiger partial charge >= 0.3 is 6.09 Å². The lowest BCUT2D eigenvalue weighted by Crippen LogP contribution is -2.39. The predicted molar refractivity (Wildman–Crippen MR) is 92.5 cm³/mol. The average Bonchev–Trinajstić information content (AvgIpc) is 2.93. The average molecular weight is 340 g/mol. The molecule has 1 amide bonds. The number of ether oxygens (including phenoxy) is 1. The number of carbonyl (C=O) groups excluding carboxylic acids is 1. The number of anilines is 1. The molecule has 130 valence electrons. The maximum Gasteiger partial charge on any atom is 0.410 e. The van der Waals surface area contributed by atoms with Gasteiger partial charge in [0.05, 0.1) is 11.3 Å². The summed E-state index contributed by atoms with van der Waals surface area (Å²) < 4.78 is 7.03. The predicted octanol–water partition coefficient (Wildman–Crippen LogP) is 2.21. The number of fused-ring (bicyclic) bond motifs is 1. The van der Waals surface area contributed by atoms with Crippen LogP contribution < -0.4 is 5.73 Å². The highest BCUT2D eigenvalue weighted by molar-refractivity contribution is 5.79. The Bertz CT molecular complexity index is 900. The molecule has 2 aromatic heterocycles. The van der Waals surface area contributed by atoms with Gasteiger partial charge < -0.3 is 15.4 Å². The fraction of sp³-hybridized carbons (Fsp3) is 0.412. The van der Waals surface area contributed by atoms with Crippen LogP contribution in [0.1, 0.15) is 38.4 Å². The zero-order chi connectivity index (χ0) is 18.2. The van der Waals surface area contributed by atoms with E-state index in [1.165, 1.54) is 6.33 Å². The first-order valence-electron chi connectivity index (χ1n) is 8.00. The number of nitrogen functional groups attached to an aromatic ring is 1. The Balaban J connectivity index is 1.90. The van der Waals surface area contributed by atoms with E-state index in [-0.39, 0.29) is 6.09 Å². The lowest BCUT2D eigenvalue weighted by molar-refractivity contribution is 0.0270.